The zero-order valence-electron chi connectivity index (χ0n) is 10.3. The highest BCUT2D eigenvalue weighted by molar-refractivity contribution is 5.72. The van der Waals surface area contributed by atoms with Gasteiger partial charge in [-0.3, -0.25) is 4.79 Å². The molecule has 0 aromatic heterocycles. The normalized spacial score (nSPS) is 12.5. The summed E-state index contributed by atoms with van der Waals surface area (Å²) in [5.74, 6) is -0.295. The summed E-state index contributed by atoms with van der Waals surface area (Å²) in [6.45, 7) is 8.67. The van der Waals surface area contributed by atoms with Crippen molar-refractivity contribution in [1.29, 1.82) is 0 Å². The predicted molar refractivity (Wildman–Crippen MR) is 63.5 cm³/mol. The summed E-state index contributed by atoms with van der Waals surface area (Å²) in [5.41, 5.74) is 0. The molecule has 89 valence electrons. The maximum Gasteiger partial charge on any atom is 0.308 e. The maximum absolute atomic E-state index is 11.4. The van der Waals surface area contributed by atoms with E-state index in [2.05, 4.69) is 20.8 Å². The fraction of sp³-hybridized carbons (Fsp3) is 0.846. The SMILES string of the molecule is [CH2]C(CCCC)C(=O)OCCCCCC. The number of ether oxygens (including phenoxy) is 1. The average Bonchev–Trinajstić information content (AvgIpc) is 2.25. The van der Waals surface area contributed by atoms with Crippen molar-refractivity contribution in [3.8, 4) is 0 Å². The van der Waals surface area contributed by atoms with Crippen molar-refractivity contribution in [1.82, 2.24) is 0 Å². The summed E-state index contributed by atoms with van der Waals surface area (Å²) >= 11 is 0. The Balaban J connectivity index is 3.38. The first-order valence-corrected chi connectivity index (χ1v) is 6.22. The van der Waals surface area contributed by atoms with E-state index in [0.717, 1.165) is 32.1 Å². The molecule has 2 nitrogen and oxygen atoms in total. The van der Waals surface area contributed by atoms with E-state index in [1.165, 1.54) is 12.8 Å². The van der Waals surface area contributed by atoms with Gasteiger partial charge in [0.2, 0.25) is 0 Å². The highest BCUT2D eigenvalue weighted by Crippen LogP contribution is 2.09. The van der Waals surface area contributed by atoms with Gasteiger partial charge >= 0.3 is 5.97 Å². The Bertz CT molecular complexity index is 155. The molecule has 0 heterocycles. The predicted octanol–water partition coefficient (Wildman–Crippen LogP) is 3.75. The number of unbranched alkanes of at least 4 members (excludes halogenated alkanes) is 4. The lowest BCUT2D eigenvalue weighted by molar-refractivity contribution is -0.147. The zero-order chi connectivity index (χ0) is 11.5. The lowest BCUT2D eigenvalue weighted by Gasteiger charge is -2.10. The summed E-state index contributed by atoms with van der Waals surface area (Å²) < 4.78 is 5.15. The van der Waals surface area contributed by atoms with Gasteiger partial charge in [-0.05, 0) is 19.8 Å². The van der Waals surface area contributed by atoms with Crippen LogP contribution in [0.2, 0.25) is 0 Å². The summed E-state index contributed by atoms with van der Waals surface area (Å²) in [5, 5.41) is 0. The lowest BCUT2D eigenvalue weighted by atomic mass is 10.1. The first kappa shape index (κ1) is 14.5. The van der Waals surface area contributed by atoms with Crippen molar-refractivity contribution < 1.29 is 9.53 Å². The molecule has 0 aliphatic heterocycles. The molecule has 0 aromatic rings. The molecule has 0 saturated carbocycles. The monoisotopic (exact) mass is 213 g/mol. The topological polar surface area (TPSA) is 26.3 Å². The molecule has 0 amide bonds. The van der Waals surface area contributed by atoms with Crippen LogP contribution in [0.5, 0.6) is 0 Å². The molecule has 1 radical (unpaired) electrons. The van der Waals surface area contributed by atoms with Crippen LogP contribution in [0.25, 0.3) is 0 Å². The number of carbonyl (C=O) groups is 1. The van der Waals surface area contributed by atoms with E-state index >= 15 is 0 Å². The number of esters is 1. The molecule has 1 unspecified atom stereocenters. The Kier molecular flexibility index (Phi) is 9.65. The second kappa shape index (κ2) is 10.0. The number of hydrogen-bond acceptors (Lipinski definition) is 2. The smallest absolute Gasteiger partial charge is 0.308 e. The molecule has 0 rings (SSSR count). The van der Waals surface area contributed by atoms with Crippen molar-refractivity contribution >= 4 is 5.97 Å². The molecule has 1 atom stereocenters. The van der Waals surface area contributed by atoms with Crippen LogP contribution in [0, 0.1) is 12.8 Å². The van der Waals surface area contributed by atoms with Crippen LogP contribution in [0.4, 0.5) is 0 Å². The molecular weight excluding hydrogens is 188 g/mol. The van der Waals surface area contributed by atoms with Crippen LogP contribution in [0.3, 0.4) is 0 Å². The van der Waals surface area contributed by atoms with Crippen LogP contribution in [0.15, 0.2) is 0 Å². The van der Waals surface area contributed by atoms with E-state index < -0.39 is 0 Å². The average molecular weight is 213 g/mol. The first-order chi connectivity index (χ1) is 7.22. The lowest BCUT2D eigenvalue weighted by Crippen LogP contribution is -2.15. The molecular formula is C13H25O2. The fourth-order valence-corrected chi connectivity index (χ4v) is 1.39. The van der Waals surface area contributed by atoms with E-state index in [1.54, 1.807) is 0 Å². The van der Waals surface area contributed by atoms with E-state index in [9.17, 15) is 4.79 Å². The minimum atomic E-state index is -0.170. The molecule has 0 saturated heterocycles. The molecule has 0 bridgehead atoms. The van der Waals surface area contributed by atoms with Crippen molar-refractivity contribution in [2.24, 2.45) is 5.92 Å². The zero-order valence-corrected chi connectivity index (χ0v) is 10.3. The Morgan fingerprint density at radius 2 is 1.80 bits per heavy atom. The highest BCUT2D eigenvalue weighted by atomic mass is 16.5. The van der Waals surface area contributed by atoms with Gasteiger partial charge in [0.05, 0.1) is 12.5 Å². The van der Waals surface area contributed by atoms with Crippen molar-refractivity contribution in [3.05, 3.63) is 6.92 Å². The van der Waals surface area contributed by atoms with Crippen LogP contribution in [-0.2, 0) is 9.53 Å². The van der Waals surface area contributed by atoms with Gasteiger partial charge in [0.1, 0.15) is 0 Å². The Morgan fingerprint density at radius 1 is 1.13 bits per heavy atom. The van der Waals surface area contributed by atoms with Gasteiger partial charge in [0.25, 0.3) is 0 Å². The van der Waals surface area contributed by atoms with Gasteiger partial charge in [-0.25, -0.2) is 0 Å². The second-order valence-electron chi connectivity index (χ2n) is 4.07. The Labute approximate surface area is 94.4 Å². The number of carbonyl (C=O) groups excluding carboxylic acids is 1. The van der Waals surface area contributed by atoms with Gasteiger partial charge in [0, 0.05) is 0 Å². The Morgan fingerprint density at radius 3 is 2.40 bits per heavy atom. The van der Waals surface area contributed by atoms with E-state index in [0.29, 0.717) is 6.61 Å². The maximum atomic E-state index is 11.4. The highest BCUT2D eigenvalue weighted by Gasteiger charge is 2.13. The molecule has 0 aromatic carbocycles. The van der Waals surface area contributed by atoms with Crippen molar-refractivity contribution in [2.45, 2.75) is 58.8 Å². The number of rotatable bonds is 9. The van der Waals surface area contributed by atoms with Crippen LogP contribution in [-0.4, -0.2) is 12.6 Å². The minimum Gasteiger partial charge on any atom is -0.465 e. The molecule has 2 heteroatoms. The molecule has 0 spiro atoms. The summed E-state index contributed by atoms with van der Waals surface area (Å²) in [6.07, 6.45) is 7.59. The van der Waals surface area contributed by atoms with Crippen molar-refractivity contribution in [2.75, 3.05) is 6.61 Å². The molecule has 0 aliphatic rings. The first-order valence-electron chi connectivity index (χ1n) is 6.22. The van der Waals surface area contributed by atoms with E-state index in [4.69, 9.17) is 4.74 Å². The minimum absolute atomic E-state index is 0.125. The number of hydrogen-bond donors (Lipinski definition) is 0. The third-order valence-electron chi connectivity index (χ3n) is 2.48. The fourth-order valence-electron chi connectivity index (χ4n) is 1.39. The van der Waals surface area contributed by atoms with Gasteiger partial charge in [-0.1, -0.05) is 46.0 Å². The molecule has 15 heavy (non-hydrogen) atoms. The van der Waals surface area contributed by atoms with Crippen LogP contribution in [0.1, 0.15) is 58.8 Å². The van der Waals surface area contributed by atoms with Crippen LogP contribution < -0.4 is 0 Å². The Hall–Kier alpha value is -0.530. The molecule has 0 aliphatic carbocycles. The van der Waals surface area contributed by atoms with Gasteiger partial charge in [0.15, 0.2) is 0 Å². The summed E-state index contributed by atoms with van der Waals surface area (Å²) in [6, 6.07) is 0. The van der Waals surface area contributed by atoms with E-state index in [1.807, 2.05) is 0 Å². The van der Waals surface area contributed by atoms with Gasteiger partial charge < -0.3 is 4.74 Å². The van der Waals surface area contributed by atoms with Crippen LogP contribution >= 0.6 is 0 Å². The molecule has 0 N–H and O–H groups in total. The quantitative estimate of drug-likeness (QED) is 0.430. The third-order valence-corrected chi connectivity index (χ3v) is 2.48. The summed E-state index contributed by atoms with van der Waals surface area (Å²) in [7, 11) is 0. The van der Waals surface area contributed by atoms with Crippen molar-refractivity contribution in [3.63, 3.8) is 0 Å². The summed E-state index contributed by atoms with van der Waals surface area (Å²) in [4.78, 5) is 11.4. The second-order valence-corrected chi connectivity index (χ2v) is 4.07. The standard InChI is InChI=1S/C13H25O2/c1-4-6-8-9-11-15-13(14)12(3)10-7-5-2/h12H,3-11H2,1-2H3. The van der Waals surface area contributed by atoms with Gasteiger partial charge in [-0.2, -0.15) is 0 Å². The third kappa shape index (κ3) is 8.46. The van der Waals surface area contributed by atoms with E-state index in [-0.39, 0.29) is 11.9 Å². The van der Waals surface area contributed by atoms with Gasteiger partial charge in [-0.15, -0.1) is 0 Å². The largest absolute Gasteiger partial charge is 0.465 e. The molecule has 0 fully saturated rings.